The van der Waals surface area contributed by atoms with E-state index in [9.17, 15) is 0 Å². The number of ether oxygens (including phenoxy) is 4. The highest BCUT2D eigenvalue weighted by Gasteiger charge is 2.14. The van der Waals surface area contributed by atoms with E-state index in [-0.39, 0.29) is 0 Å². The second-order valence-electron chi connectivity index (χ2n) is 3.32. The van der Waals surface area contributed by atoms with Crippen LogP contribution in [0.3, 0.4) is 0 Å². The van der Waals surface area contributed by atoms with Gasteiger partial charge in [0, 0.05) is 13.7 Å². The van der Waals surface area contributed by atoms with Gasteiger partial charge >= 0.3 is 0 Å². The zero-order valence-corrected chi connectivity index (χ0v) is 8.87. The maximum absolute atomic E-state index is 5.41. The van der Waals surface area contributed by atoms with Crippen molar-refractivity contribution >= 4 is 0 Å². The van der Waals surface area contributed by atoms with Gasteiger partial charge in [-0.2, -0.15) is 0 Å². The molecular formula is C10H20O4. The Morgan fingerprint density at radius 1 is 1.14 bits per heavy atom. The largest absolute Gasteiger partial charge is 0.382 e. The normalized spacial score (nSPS) is 21.6. The highest BCUT2D eigenvalue weighted by atomic mass is 16.6. The summed E-state index contributed by atoms with van der Waals surface area (Å²) < 4.78 is 20.9. The molecule has 1 fully saturated rings. The van der Waals surface area contributed by atoms with Crippen LogP contribution < -0.4 is 0 Å². The third kappa shape index (κ3) is 5.54. The van der Waals surface area contributed by atoms with Crippen LogP contribution in [0, 0.1) is 0 Å². The van der Waals surface area contributed by atoms with E-state index >= 15 is 0 Å². The molecular weight excluding hydrogens is 184 g/mol. The van der Waals surface area contributed by atoms with Crippen LogP contribution in [0.25, 0.3) is 0 Å². The minimum Gasteiger partial charge on any atom is -0.382 e. The molecule has 0 aromatic carbocycles. The molecule has 0 bridgehead atoms. The third-order valence-corrected chi connectivity index (χ3v) is 2.13. The second kappa shape index (κ2) is 8.17. The minimum atomic E-state index is 0.314. The maximum Gasteiger partial charge on any atom is 0.0809 e. The molecule has 4 heteroatoms. The average Bonchev–Trinajstić information content (AvgIpc) is 2.69. The van der Waals surface area contributed by atoms with Crippen LogP contribution >= 0.6 is 0 Å². The van der Waals surface area contributed by atoms with Crippen molar-refractivity contribution in [2.75, 3.05) is 46.8 Å². The Morgan fingerprint density at radius 3 is 2.64 bits per heavy atom. The zero-order chi connectivity index (χ0) is 10.1. The van der Waals surface area contributed by atoms with Crippen LogP contribution in [0.5, 0.6) is 0 Å². The molecule has 14 heavy (non-hydrogen) atoms. The average molecular weight is 204 g/mol. The summed E-state index contributed by atoms with van der Waals surface area (Å²) in [4.78, 5) is 0. The molecule has 0 radical (unpaired) electrons. The van der Waals surface area contributed by atoms with Crippen LogP contribution in [-0.4, -0.2) is 52.9 Å². The van der Waals surface area contributed by atoms with Crippen molar-refractivity contribution in [3.05, 3.63) is 0 Å². The summed E-state index contributed by atoms with van der Waals surface area (Å²) in [5.41, 5.74) is 0. The first-order valence-corrected chi connectivity index (χ1v) is 5.19. The fourth-order valence-electron chi connectivity index (χ4n) is 1.35. The Hall–Kier alpha value is -0.160. The molecule has 84 valence electrons. The summed E-state index contributed by atoms with van der Waals surface area (Å²) in [5, 5.41) is 0. The monoisotopic (exact) mass is 204 g/mol. The first-order valence-electron chi connectivity index (χ1n) is 5.19. The number of rotatable bonds is 8. The van der Waals surface area contributed by atoms with E-state index in [1.165, 1.54) is 6.42 Å². The maximum atomic E-state index is 5.41. The van der Waals surface area contributed by atoms with Gasteiger partial charge in [0.1, 0.15) is 0 Å². The molecule has 0 aromatic rings. The Labute approximate surface area is 85.5 Å². The number of methoxy groups -OCH3 is 1. The predicted octanol–water partition coefficient (Wildman–Crippen LogP) is 0.845. The van der Waals surface area contributed by atoms with Gasteiger partial charge in [0.2, 0.25) is 0 Å². The van der Waals surface area contributed by atoms with Gasteiger partial charge in [-0.1, -0.05) is 0 Å². The van der Waals surface area contributed by atoms with E-state index in [2.05, 4.69) is 0 Å². The topological polar surface area (TPSA) is 36.9 Å². The van der Waals surface area contributed by atoms with Crippen molar-refractivity contribution in [2.45, 2.75) is 18.9 Å². The summed E-state index contributed by atoms with van der Waals surface area (Å²) in [6.07, 6.45) is 2.61. The molecule has 0 N–H and O–H groups in total. The van der Waals surface area contributed by atoms with E-state index < -0.39 is 0 Å². The summed E-state index contributed by atoms with van der Waals surface area (Å²) >= 11 is 0. The van der Waals surface area contributed by atoms with Crippen molar-refractivity contribution in [1.82, 2.24) is 0 Å². The molecule has 0 aromatic heterocycles. The van der Waals surface area contributed by atoms with Crippen molar-refractivity contribution in [1.29, 1.82) is 0 Å². The van der Waals surface area contributed by atoms with Gasteiger partial charge in [0.15, 0.2) is 0 Å². The van der Waals surface area contributed by atoms with Crippen molar-refractivity contribution in [3.63, 3.8) is 0 Å². The molecule has 1 rings (SSSR count). The van der Waals surface area contributed by atoms with Crippen LogP contribution in [0.15, 0.2) is 0 Å². The molecule has 1 aliphatic heterocycles. The fraction of sp³-hybridized carbons (Fsp3) is 1.00. The van der Waals surface area contributed by atoms with Gasteiger partial charge in [0.05, 0.1) is 39.1 Å². The Bertz CT molecular complexity index is 123. The standard InChI is InChI=1S/C10H20O4/c1-11-5-6-12-7-8-13-9-10-3-2-4-14-10/h10H,2-9H2,1H3. The van der Waals surface area contributed by atoms with Gasteiger partial charge in [-0.25, -0.2) is 0 Å². The van der Waals surface area contributed by atoms with Crippen molar-refractivity contribution in [2.24, 2.45) is 0 Å². The SMILES string of the molecule is COCCOCCOCC1CCCO1. The number of hydrogen-bond acceptors (Lipinski definition) is 4. The summed E-state index contributed by atoms with van der Waals surface area (Å²) in [6, 6.07) is 0. The lowest BCUT2D eigenvalue weighted by Gasteiger charge is -2.09. The smallest absolute Gasteiger partial charge is 0.0809 e. The molecule has 1 unspecified atom stereocenters. The molecule has 1 heterocycles. The third-order valence-electron chi connectivity index (χ3n) is 2.13. The van der Waals surface area contributed by atoms with Crippen LogP contribution in [0.1, 0.15) is 12.8 Å². The lowest BCUT2D eigenvalue weighted by molar-refractivity contribution is -0.0136. The molecule has 4 nitrogen and oxygen atoms in total. The van der Waals surface area contributed by atoms with Crippen molar-refractivity contribution in [3.8, 4) is 0 Å². The van der Waals surface area contributed by atoms with Gasteiger partial charge in [0.25, 0.3) is 0 Å². The lowest BCUT2D eigenvalue weighted by Crippen LogP contribution is -2.16. The molecule has 0 amide bonds. The minimum absolute atomic E-state index is 0.314. The molecule has 0 spiro atoms. The van der Waals surface area contributed by atoms with Crippen molar-refractivity contribution < 1.29 is 18.9 Å². The van der Waals surface area contributed by atoms with Crippen LogP contribution in [-0.2, 0) is 18.9 Å². The lowest BCUT2D eigenvalue weighted by atomic mass is 10.2. The van der Waals surface area contributed by atoms with E-state index in [4.69, 9.17) is 18.9 Å². The summed E-state index contributed by atoms with van der Waals surface area (Å²) in [6.45, 7) is 4.15. The van der Waals surface area contributed by atoms with Crippen LogP contribution in [0.4, 0.5) is 0 Å². The first-order chi connectivity index (χ1) is 6.93. The summed E-state index contributed by atoms with van der Waals surface area (Å²) in [7, 11) is 1.66. The van der Waals surface area contributed by atoms with Gasteiger partial charge in [-0.05, 0) is 12.8 Å². The van der Waals surface area contributed by atoms with Gasteiger partial charge in [-0.15, -0.1) is 0 Å². The quantitative estimate of drug-likeness (QED) is 0.549. The molecule has 1 atom stereocenters. The van der Waals surface area contributed by atoms with E-state index in [0.717, 1.165) is 13.0 Å². The Morgan fingerprint density at radius 2 is 1.93 bits per heavy atom. The zero-order valence-electron chi connectivity index (χ0n) is 8.87. The Kier molecular flexibility index (Phi) is 6.95. The molecule has 1 saturated heterocycles. The van der Waals surface area contributed by atoms with Gasteiger partial charge in [-0.3, -0.25) is 0 Å². The predicted molar refractivity (Wildman–Crippen MR) is 52.5 cm³/mol. The second-order valence-corrected chi connectivity index (χ2v) is 3.32. The molecule has 0 saturated carbocycles. The van der Waals surface area contributed by atoms with Gasteiger partial charge < -0.3 is 18.9 Å². The fourth-order valence-corrected chi connectivity index (χ4v) is 1.35. The van der Waals surface area contributed by atoms with E-state index in [1.54, 1.807) is 7.11 Å². The number of hydrogen-bond donors (Lipinski definition) is 0. The highest BCUT2D eigenvalue weighted by Crippen LogP contribution is 2.11. The first kappa shape index (κ1) is 11.9. The van der Waals surface area contributed by atoms with E-state index in [1.807, 2.05) is 0 Å². The summed E-state index contributed by atoms with van der Waals surface area (Å²) in [5.74, 6) is 0. The highest BCUT2D eigenvalue weighted by molar-refractivity contribution is 4.63. The van der Waals surface area contributed by atoms with E-state index in [0.29, 0.717) is 39.1 Å². The Balaban J connectivity index is 1.75. The molecule has 0 aliphatic carbocycles. The molecule has 1 aliphatic rings. The van der Waals surface area contributed by atoms with Crippen LogP contribution in [0.2, 0.25) is 0 Å².